The maximum absolute atomic E-state index is 12.7. The van der Waals surface area contributed by atoms with Crippen LogP contribution in [0.2, 0.25) is 0 Å². The minimum Gasteiger partial charge on any atom is -0.497 e. The number of rotatable bonds is 4. The highest BCUT2D eigenvalue weighted by Gasteiger charge is 2.35. The van der Waals surface area contributed by atoms with Gasteiger partial charge >= 0.3 is 0 Å². The van der Waals surface area contributed by atoms with Crippen LogP contribution in [0.25, 0.3) is 0 Å². The van der Waals surface area contributed by atoms with Gasteiger partial charge in [0.2, 0.25) is 5.91 Å². The summed E-state index contributed by atoms with van der Waals surface area (Å²) >= 11 is 1.63. The molecule has 3 rings (SSSR count). The number of nitrogens with zero attached hydrogens (tertiary/aromatic N) is 2. The Hall–Kier alpha value is -1.92. The number of aliphatic hydroxyl groups excluding tert-OH is 1. The lowest BCUT2D eigenvalue weighted by molar-refractivity contribution is -0.138. The van der Waals surface area contributed by atoms with E-state index in [0.717, 1.165) is 23.4 Å². The zero-order chi connectivity index (χ0) is 16.4. The fraction of sp³-hybridized carbons (Fsp3) is 0.412. The molecule has 5 nitrogen and oxygen atoms in total. The minimum atomic E-state index is -0.414. The third-order valence-electron chi connectivity index (χ3n) is 4.21. The number of carbonyl (C=O) groups is 1. The number of hydrogen-bond acceptors (Lipinski definition) is 5. The van der Waals surface area contributed by atoms with Crippen molar-refractivity contribution < 1.29 is 14.6 Å². The van der Waals surface area contributed by atoms with E-state index in [0.29, 0.717) is 6.54 Å². The van der Waals surface area contributed by atoms with Crippen molar-refractivity contribution in [1.82, 2.24) is 9.88 Å². The summed E-state index contributed by atoms with van der Waals surface area (Å²) < 4.78 is 5.32. The molecule has 1 N–H and O–H groups in total. The molecule has 0 radical (unpaired) electrons. The fourth-order valence-electron chi connectivity index (χ4n) is 2.94. The molecule has 23 heavy (non-hydrogen) atoms. The van der Waals surface area contributed by atoms with Crippen LogP contribution >= 0.6 is 11.3 Å². The summed E-state index contributed by atoms with van der Waals surface area (Å²) in [6, 6.07) is 7.53. The molecule has 2 aromatic rings. The van der Waals surface area contributed by atoms with E-state index >= 15 is 0 Å². The van der Waals surface area contributed by atoms with Crippen molar-refractivity contribution in [3.05, 3.63) is 45.9 Å². The van der Waals surface area contributed by atoms with Crippen LogP contribution < -0.4 is 4.74 Å². The topological polar surface area (TPSA) is 62.7 Å². The summed E-state index contributed by atoms with van der Waals surface area (Å²) in [6.45, 7) is 2.24. The smallest absolute Gasteiger partial charge is 0.228 e. The number of thiazole rings is 1. The number of ether oxygens (including phenoxy) is 1. The molecule has 0 fully saturated rings. The largest absolute Gasteiger partial charge is 0.497 e. The van der Waals surface area contributed by atoms with Gasteiger partial charge in [-0.05, 0) is 17.7 Å². The van der Waals surface area contributed by atoms with Gasteiger partial charge in [0.25, 0.3) is 0 Å². The first kappa shape index (κ1) is 16.0. The SMILES string of the molecule is COc1cccc(C2c3ncsc3CCN2C(=O)C(C)CO)c1. The van der Waals surface area contributed by atoms with Gasteiger partial charge in [-0.15, -0.1) is 11.3 Å². The maximum atomic E-state index is 12.7. The lowest BCUT2D eigenvalue weighted by atomic mass is 9.95. The second kappa shape index (κ2) is 6.68. The van der Waals surface area contributed by atoms with Crippen molar-refractivity contribution in [1.29, 1.82) is 0 Å². The van der Waals surface area contributed by atoms with Crippen LogP contribution in [0.5, 0.6) is 5.75 Å². The molecule has 1 amide bonds. The van der Waals surface area contributed by atoms with Gasteiger partial charge in [-0.2, -0.15) is 0 Å². The van der Waals surface area contributed by atoms with E-state index in [9.17, 15) is 9.90 Å². The maximum Gasteiger partial charge on any atom is 0.228 e. The Labute approximate surface area is 139 Å². The van der Waals surface area contributed by atoms with Gasteiger partial charge < -0.3 is 14.7 Å². The van der Waals surface area contributed by atoms with E-state index in [4.69, 9.17) is 4.74 Å². The van der Waals surface area contributed by atoms with Crippen LogP contribution in [0, 0.1) is 5.92 Å². The molecule has 0 saturated heterocycles. The monoisotopic (exact) mass is 332 g/mol. The quantitative estimate of drug-likeness (QED) is 0.933. The molecule has 6 heteroatoms. The Morgan fingerprint density at radius 2 is 2.39 bits per heavy atom. The van der Waals surface area contributed by atoms with Crippen molar-refractivity contribution in [3.8, 4) is 5.75 Å². The van der Waals surface area contributed by atoms with Crippen molar-refractivity contribution in [2.75, 3.05) is 20.3 Å². The summed E-state index contributed by atoms with van der Waals surface area (Å²) in [7, 11) is 1.63. The van der Waals surface area contributed by atoms with Crippen LogP contribution in [0.15, 0.2) is 29.8 Å². The van der Waals surface area contributed by atoms with Crippen LogP contribution in [-0.4, -0.2) is 41.2 Å². The Bertz CT molecular complexity index is 701. The van der Waals surface area contributed by atoms with Gasteiger partial charge in [-0.1, -0.05) is 19.1 Å². The van der Waals surface area contributed by atoms with Crippen LogP contribution in [0.4, 0.5) is 0 Å². The van der Waals surface area contributed by atoms with E-state index in [1.807, 2.05) is 34.7 Å². The predicted molar refractivity (Wildman–Crippen MR) is 88.6 cm³/mol. The highest BCUT2D eigenvalue weighted by molar-refractivity contribution is 7.09. The zero-order valence-corrected chi connectivity index (χ0v) is 14.0. The minimum absolute atomic E-state index is 0.0426. The first-order valence-electron chi connectivity index (χ1n) is 7.63. The number of methoxy groups -OCH3 is 1. The second-order valence-electron chi connectivity index (χ2n) is 5.71. The number of benzene rings is 1. The molecule has 0 bridgehead atoms. The summed E-state index contributed by atoms with van der Waals surface area (Å²) in [6.07, 6.45) is 0.810. The molecule has 0 saturated carbocycles. The van der Waals surface area contributed by atoms with Crippen molar-refractivity contribution in [3.63, 3.8) is 0 Å². The molecule has 0 spiro atoms. The summed E-state index contributed by atoms with van der Waals surface area (Å²) in [5.41, 5.74) is 3.75. The van der Waals surface area contributed by atoms with Gasteiger partial charge in [0.15, 0.2) is 0 Å². The van der Waals surface area contributed by atoms with Crippen LogP contribution in [0.3, 0.4) is 0 Å². The van der Waals surface area contributed by atoms with Crippen LogP contribution in [0.1, 0.15) is 29.1 Å². The molecule has 122 valence electrons. The van der Waals surface area contributed by atoms with E-state index in [-0.39, 0.29) is 18.6 Å². The molecule has 0 aliphatic carbocycles. The van der Waals surface area contributed by atoms with Gasteiger partial charge in [-0.3, -0.25) is 4.79 Å². The molecular formula is C17H20N2O3S. The molecule has 1 aliphatic heterocycles. The van der Waals surface area contributed by atoms with Gasteiger partial charge in [-0.25, -0.2) is 4.98 Å². The molecule has 2 heterocycles. The van der Waals surface area contributed by atoms with Crippen LogP contribution in [-0.2, 0) is 11.2 Å². The predicted octanol–water partition coefficient (Wildman–Crippen LogP) is 2.25. The Morgan fingerprint density at radius 3 is 3.13 bits per heavy atom. The first-order chi connectivity index (χ1) is 11.2. The third kappa shape index (κ3) is 2.96. The molecule has 1 aromatic carbocycles. The van der Waals surface area contributed by atoms with Gasteiger partial charge in [0.1, 0.15) is 11.8 Å². The van der Waals surface area contributed by atoms with Crippen molar-refractivity contribution in [2.45, 2.75) is 19.4 Å². The number of carbonyl (C=O) groups excluding carboxylic acids is 1. The first-order valence-corrected chi connectivity index (χ1v) is 8.51. The second-order valence-corrected chi connectivity index (χ2v) is 6.64. The molecule has 2 unspecified atom stereocenters. The average Bonchev–Trinajstić information content (AvgIpc) is 3.08. The normalized spacial score (nSPS) is 18.4. The number of aliphatic hydroxyl groups is 1. The molecule has 2 atom stereocenters. The zero-order valence-electron chi connectivity index (χ0n) is 13.2. The third-order valence-corrected chi connectivity index (χ3v) is 5.12. The number of amides is 1. The lowest BCUT2D eigenvalue weighted by Crippen LogP contribution is -2.43. The lowest BCUT2D eigenvalue weighted by Gasteiger charge is -2.36. The summed E-state index contributed by atoms with van der Waals surface area (Å²) in [5, 5.41) is 9.35. The summed E-state index contributed by atoms with van der Waals surface area (Å²) in [5.74, 6) is 0.301. The standard InChI is InChI=1S/C17H20N2O3S/c1-11(9-20)17(21)19-7-6-14-15(18-10-23-14)16(19)12-4-3-5-13(8-12)22-2/h3-5,8,10-11,16,20H,6-7,9H2,1-2H3. The van der Waals surface area contributed by atoms with Gasteiger partial charge in [0, 0.05) is 17.8 Å². The van der Waals surface area contributed by atoms with E-state index in [2.05, 4.69) is 4.98 Å². The van der Waals surface area contributed by atoms with Crippen molar-refractivity contribution >= 4 is 17.2 Å². The molecule has 1 aromatic heterocycles. The Balaban J connectivity index is 2.04. The number of fused-ring (bicyclic) bond motifs is 1. The van der Waals surface area contributed by atoms with Gasteiger partial charge in [0.05, 0.1) is 30.8 Å². The van der Waals surface area contributed by atoms with E-state index < -0.39 is 5.92 Å². The fourth-order valence-corrected chi connectivity index (χ4v) is 3.72. The van der Waals surface area contributed by atoms with E-state index in [1.165, 1.54) is 4.88 Å². The highest BCUT2D eigenvalue weighted by Crippen LogP contribution is 2.37. The molecular weight excluding hydrogens is 312 g/mol. The number of aromatic nitrogens is 1. The van der Waals surface area contributed by atoms with E-state index in [1.54, 1.807) is 25.4 Å². The summed E-state index contributed by atoms with van der Waals surface area (Å²) in [4.78, 5) is 20.3. The average molecular weight is 332 g/mol. The number of hydrogen-bond donors (Lipinski definition) is 1. The Morgan fingerprint density at radius 1 is 1.57 bits per heavy atom. The Kier molecular flexibility index (Phi) is 4.63. The van der Waals surface area contributed by atoms with Crippen molar-refractivity contribution in [2.24, 2.45) is 5.92 Å². The molecule has 1 aliphatic rings. The highest BCUT2D eigenvalue weighted by atomic mass is 32.1.